The molecule has 0 unspecified atom stereocenters. The van der Waals surface area contributed by atoms with Gasteiger partial charge in [-0.25, -0.2) is 8.42 Å². The molecule has 8 heteroatoms. The smallest absolute Gasteiger partial charge is 0.243 e. The van der Waals surface area contributed by atoms with Crippen LogP contribution in [0.5, 0.6) is 0 Å². The second kappa shape index (κ2) is 12.4. The molecule has 0 radical (unpaired) electrons. The van der Waals surface area contributed by atoms with Crippen molar-refractivity contribution in [3.8, 4) is 0 Å². The number of nitrogens with one attached hydrogen (secondary N) is 1. The molecule has 2 rings (SSSR count). The van der Waals surface area contributed by atoms with Crippen LogP contribution in [0.15, 0.2) is 48.5 Å². The van der Waals surface area contributed by atoms with Crippen molar-refractivity contribution in [3.63, 3.8) is 0 Å². The quantitative estimate of drug-likeness (QED) is 0.475. The van der Waals surface area contributed by atoms with Crippen LogP contribution in [-0.2, 0) is 26.2 Å². The SMILES string of the molecule is CC[C@@H](C(=O)NC(C)(C)C)N(Cc1ccccc1)C(=O)CCCN(c1cc(C)ccc1C)S(C)(=O)=O. The lowest BCUT2D eigenvalue weighted by Gasteiger charge is -2.33. The predicted octanol–water partition coefficient (Wildman–Crippen LogP) is 4.57. The number of carbonyl (C=O) groups excluding carboxylic acids is 2. The number of hydrogen-bond donors (Lipinski definition) is 1. The monoisotopic (exact) mass is 515 g/mol. The van der Waals surface area contributed by atoms with Crippen LogP contribution in [0.2, 0.25) is 0 Å². The maximum atomic E-state index is 13.5. The van der Waals surface area contributed by atoms with Crippen molar-refractivity contribution in [2.75, 3.05) is 17.1 Å². The third kappa shape index (κ3) is 8.66. The molecule has 2 aromatic carbocycles. The second-order valence-corrected chi connectivity index (χ2v) is 12.3. The minimum absolute atomic E-state index is 0.128. The van der Waals surface area contributed by atoms with Crippen LogP contribution >= 0.6 is 0 Å². The van der Waals surface area contributed by atoms with Crippen molar-refractivity contribution in [1.82, 2.24) is 10.2 Å². The standard InChI is InChI=1S/C28H41N3O4S/c1-8-24(27(33)29-28(4,5)6)30(20-23-13-10-9-11-14-23)26(32)15-12-18-31(36(7,34)35)25-19-21(2)16-17-22(25)3/h9-11,13-14,16-17,19,24H,8,12,15,18,20H2,1-7H3,(H,29,33)/t24-/m0/s1. The molecule has 1 N–H and O–H groups in total. The van der Waals surface area contributed by atoms with Crippen molar-refractivity contribution in [2.45, 2.75) is 78.9 Å². The van der Waals surface area contributed by atoms with Gasteiger partial charge in [-0.15, -0.1) is 0 Å². The predicted molar refractivity (Wildman–Crippen MR) is 146 cm³/mol. The zero-order chi connectivity index (χ0) is 27.1. The summed E-state index contributed by atoms with van der Waals surface area (Å²) in [5, 5.41) is 3.00. The van der Waals surface area contributed by atoms with Crippen LogP contribution in [0.25, 0.3) is 0 Å². The lowest BCUT2D eigenvalue weighted by molar-refractivity contribution is -0.142. The van der Waals surface area contributed by atoms with E-state index in [0.717, 1.165) is 16.7 Å². The minimum atomic E-state index is -3.53. The normalized spacial score (nSPS) is 12.6. The van der Waals surface area contributed by atoms with Gasteiger partial charge in [0.2, 0.25) is 21.8 Å². The van der Waals surface area contributed by atoms with Crippen molar-refractivity contribution in [1.29, 1.82) is 0 Å². The number of anilines is 1. The van der Waals surface area contributed by atoms with E-state index in [2.05, 4.69) is 5.32 Å². The molecule has 2 aromatic rings. The number of benzene rings is 2. The highest BCUT2D eigenvalue weighted by molar-refractivity contribution is 7.92. The van der Waals surface area contributed by atoms with Gasteiger partial charge in [-0.05, 0) is 70.2 Å². The molecule has 198 valence electrons. The van der Waals surface area contributed by atoms with E-state index in [1.54, 1.807) is 4.90 Å². The second-order valence-electron chi connectivity index (χ2n) is 10.4. The Morgan fingerprint density at radius 2 is 1.67 bits per heavy atom. The molecule has 0 heterocycles. The molecule has 2 amide bonds. The molecule has 0 aliphatic carbocycles. The average Bonchev–Trinajstić information content (AvgIpc) is 2.77. The average molecular weight is 516 g/mol. The first-order valence-electron chi connectivity index (χ1n) is 12.4. The van der Waals surface area contributed by atoms with Crippen LogP contribution in [0.3, 0.4) is 0 Å². The molecule has 0 fully saturated rings. The van der Waals surface area contributed by atoms with Crippen LogP contribution < -0.4 is 9.62 Å². The lowest BCUT2D eigenvalue weighted by Crippen LogP contribution is -2.53. The lowest BCUT2D eigenvalue weighted by atomic mass is 10.0. The van der Waals surface area contributed by atoms with Gasteiger partial charge in [0.05, 0.1) is 11.9 Å². The largest absolute Gasteiger partial charge is 0.350 e. The first-order valence-corrected chi connectivity index (χ1v) is 14.3. The fraction of sp³-hybridized carbons (Fsp3) is 0.500. The Bertz CT molecular complexity index is 1140. The first kappa shape index (κ1) is 29.4. The van der Waals surface area contributed by atoms with E-state index in [4.69, 9.17) is 0 Å². The third-order valence-electron chi connectivity index (χ3n) is 5.87. The summed E-state index contributed by atoms with van der Waals surface area (Å²) in [6, 6.07) is 14.6. The molecule has 0 saturated heterocycles. The summed E-state index contributed by atoms with van der Waals surface area (Å²) in [5.41, 5.74) is 2.95. The van der Waals surface area contributed by atoms with Crippen LogP contribution in [0.4, 0.5) is 5.69 Å². The summed E-state index contributed by atoms with van der Waals surface area (Å²) in [6.07, 6.45) is 2.12. The Kier molecular flexibility index (Phi) is 10.1. The molecule has 0 saturated carbocycles. The molecule has 0 aliphatic rings. The van der Waals surface area contributed by atoms with Crippen molar-refractivity contribution in [2.24, 2.45) is 0 Å². The molecule has 1 atom stereocenters. The van der Waals surface area contributed by atoms with Crippen LogP contribution in [0.1, 0.15) is 63.6 Å². The summed E-state index contributed by atoms with van der Waals surface area (Å²) >= 11 is 0. The number of hydrogen-bond acceptors (Lipinski definition) is 4. The summed E-state index contributed by atoms with van der Waals surface area (Å²) < 4.78 is 26.6. The van der Waals surface area contributed by atoms with Gasteiger partial charge in [-0.2, -0.15) is 0 Å². The van der Waals surface area contributed by atoms with Crippen LogP contribution in [-0.4, -0.2) is 49.5 Å². The molecule has 0 bridgehead atoms. The highest BCUT2D eigenvalue weighted by Gasteiger charge is 2.30. The highest BCUT2D eigenvalue weighted by atomic mass is 32.2. The van der Waals surface area contributed by atoms with Crippen LogP contribution in [0, 0.1) is 13.8 Å². The maximum absolute atomic E-state index is 13.5. The molecular weight excluding hydrogens is 474 g/mol. The van der Waals surface area contributed by atoms with E-state index in [0.29, 0.717) is 25.1 Å². The number of rotatable bonds is 11. The zero-order valence-electron chi connectivity index (χ0n) is 22.7. The molecular formula is C28H41N3O4S. The van der Waals surface area contributed by atoms with Crippen molar-refractivity contribution >= 4 is 27.5 Å². The molecule has 0 aromatic heterocycles. The molecule has 7 nitrogen and oxygen atoms in total. The Balaban J connectivity index is 2.24. The first-order chi connectivity index (χ1) is 16.7. The van der Waals surface area contributed by atoms with Gasteiger partial charge in [0.25, 0.3) is 0 Å². The van der Waals surface area contributed by atoms with Crippen molar-refractivity contribution in [3.05, 3.63) is 65.2 Å². The topological polar surface area (TPSA) is 86.8 Å². The maximum Gasteiger partial charge on any atom is 0.243 e. The van der Waals surface area contributed by atoms with Gasteiger partial charge >= 0.3 is 0 Å². The Labute approximate surface area is 216 Å². The third-order valence-corrected chi connectivity index (χ3v) is 7.05. The van der Waals surface area contributed by atoms with E-state index in [9.17, 15) is 18.0 Å². The van der Waals surface area contributed by atoms with E-state index >= 15 is 0 Å². The van der Waals surface area contributed by atoms with E-state index < -0.39 is 21.6 Å². The summed E-state index contributed by atoms with van der Waals surface area (Å²) in [7, 11) is -3.53. The number of amides is 2. The minimum Gasteiger partial charge on any atom is -0.350 e. The fourth-order valence-electron chi connectivity index (χ4n) is 4.12. The number of carbonyl (C=O) groups is 2. The van der Waals surface area contributed by atoms with Gasteiger partial charge in [-0.1, -0.05) is 49.4 Å². The number of nitrogens with zero attached hydrogens (tertiary/aromatic N) is 2. The Hall–Kier alpha value is -2.87. The zero-order valence-corrected chi connectivity index (χ0v) is 23.5. The summed E-state index contributed by atoms with van der Waals surface area (Å²) in [4.78, 5) is 28.2. The number of aryl methyl sites for hydroxylation is 2. The van der Waals surface area contributed by atoms with E-state index in [1.807, 2.05) is 90.1 Å². The Morgan fingerprint density at radius 3 is 2.22 bits per heavy atom. The number of sulfonamides is 1. The molecule has 36 heavy (non-hydrogen) atoms. The summed E-state index contributed by atoms with van der Waals surface area (Å²) in [5.74, 6) is -0.369. The van der Waals surface area contributed by atoms with E-state index in [-0.39, 0.29) is 24.8 Å². The van der Waals surface area contributed by atoms with Gasteiger partial charge in [0, 0.05) is 25.0 Å². The van der Waals surface area contributed by atoms with Gasteiger partial charge in [0.1, 0.15) is 6.04 Å². The van der Waals surface area contributed by atoms with Crippen molar-refractivity contribution < 1.29 is 18.0 Å². The highest BCUT2D eigenvalue weighted by Crippen LogP contribution is 2.25. The van der Waals surface area contributed by atoms with Gasteiger partial charge in [-0.3, -0.25) is 13.9 Å². The Morgan fingerprint density at radius 1 is 1.03 bits per heavy atom. The van der Waals surface area contributed by atoms with Gasteiger partial charge < -0.3 is 10.2 Å². The molecule has 0 aliphatic heterocycles. The molecule has 0 spiro atoms. The van der Waals surface area contributed by atoms with Gasteiger partial charge in [0.15, 0.2) is 0 Å². The van der Waals surface area contributed by atoms with E-state index in [1.165, 1.54) is 10.6 Å². The summed E-state index contributed by atoms with van der Waals surface area (Å²) in [6.45, 7) is 11.9. The fourth-order valence-corrected chi connectivity index (χ4v) is 5.14.